The molecule has 2 rings (SSSR count). The molecule has 0 saturated carbocycles. The summed E-state index contributed by atoms with van der Waals surface area (Å²) in [5.41, 5.74) is 6.52. The molecule has 7 heteroatoms. The van der Waals surface area contributed by atoms with Crippen molar-refractivity contribution in [3.63, 3.8) is 0 Å². The number of hydrogen-bond donors (Lipinski definition) is 3. The molecule has 21 heavy (non-hydrogen) atoms. The molecule has 0 aromatic carbocycles. The fourth-order valence-corrected chi connectivity index (χ4v) is 2.77. The third-order valence-corrected chi connectivity index (χ3v) is 3.81. The summed E-state index contributed by atoms with van der Waals surface area (Å²) >= 11 is 1.64. The molecule has 0 spiro atoms. The van der Waals surface area contributed by atoms with Gasteiger partial charge in [0.2, 0.25) is 0 Å². The second-order valence-corrected chi connectivity index (χ2v) is 6.11. The molecule has 2 aromatic heterocycles. The number of aromatic amines is 1. The zero-order valence-electron chi connectivity index (χ0n) is 12.2. The maximum atomic E-state index is 11.9. The van der Waals surface area contributed by atoms with Crippen molar-refractivity contribution in [2.24, 2.45) is 5.92 Å². The van der Waals surface area contributed by atoms with Crippen molar-refractivity contribution in [3.8, 4) is 0 Å². The van der Waals surface area contributed by atoms with E-state index in [1.807, 2.05) is 25.3 Å². The maximum absolute atomic E-state index is 11.9. The van der Waals surface area contributed by atoms with Crippen LogP contribution < -0.4 is 22.3 Å². The Labute approximate surface area is 126 Å². The molecule has 4 N–H and O–H groups in total. The largest absolute Gasteiger partial charge is 0.383 e. The van der Waals surface area contributed by atoms with Crippen LogP contribution in [0.15, 0.2) is 26.4 Å². The maximum Gasteiger partial charge on any atom is 0.330 e. The summed E-state index contributed by atoms with van der Waals surface area (Å²) in [5, 5.41) is 7.11. The van der Waals surface area contributed by atoms with Crippen LogP contribution in [0, 0.1) is 5.92 Å². The van der Waals surface area contributed by atoms with Crippen LogP contribution in [-0.2, 0) is 13.0 Å². The average molecular weight is 308 g/mol. The number of rotatable bonds is 6. The summed E-state index contributed by atoms with van der Waals surface area (Å²) < 4.78 is 1.40. The molecule has 0 bridgehead atoms. The molecule has 6 nitrogen and oxygen atoms in total. The van der Waals surface area contributed by atoms with Crippen LogP contribution >= 0.6 is 11.3 Å². The molecule has 0 radical (unpaired) electrons. The third kappa shape index (κ3) is 3.75. The van der Waals surface area contributed by atoms with Gasteiger partial charge < -0.3 is 11.1 Å². The minimum atomic E-state index is -0.470. The van der Waals surface area contributed by atoms with E-state index in [2.05, 4.69) is 15.7 Å². The molecule has 0 fully saturated rings. The van der Waals surface area contributed by atoms with Gasteiger partial charge in [0, 0.05) is 13.1 Å². The van der Waals surface area contributed by atoms with Gasteiger partial charge in [-0.3, -0.25) is 14.3 Å². The zero-order chi connectivity index (χ0) is 15.4. The molecule has 0 atom stereocenters. The Kier molecular flexibility index (Phi) is 4.85. The molecule has 114 valence electrons. The average Bonchev–Trinajstić information content (AvgIpc) is 2.91. The van der Waals surface area contributed by atoms with E-state index in [4.69, 9.17) is 5.73 Å². The van der Waals surface area contributed by atoms with E-state index in [1.54, 1.807) is 11.3 Å². The number of nitrogens with zero attached hydrogens (tertiary/aromatic N) is 1. The molecule has 0 amide bonds. The highest BCUT2D eigenvalue weighted by Crippen LogP contribution is 2.12. The second-order valence-electron chi connectivity index (χ2n) is 5.33. The number of aromatic nitrogens is 2. The molecule has 0 saturated heterocycles. The number of hydrogen-bond acceptors (Lipinski definition) is 5. The topological polar surface area (TPSA) is 92.9 Å². The van der Waals surface area contributed by atoms with Gasteiger partial charge in [-0.25, -0.2) is 4.79 Å². The van der Waals surface area contributed by atoms with Gasteiger partial charge in [-0.15, -0.1) is 0 Å². The van der Waals surface area contributed by atoms with Crippen molar-refractivity contribution in [3.05, 3.63) is 43.2 Å². The molecular formula is C14H20N4O2S. The van der Waals surface area contributed by atoms with E-state index >= 15 is 0 Å². The fourth-order valence-electron chi connectivity index (χ4n) is 2.07. The van der Waals surface area contributed by atoms with Gasteiger partial charge in [0.1, 0.15) is 11.5 Å². The predicted octanol–water partition coefficient (Wildman–Crippen LogP) is 1.49. The number of nitrogens with two attached hydrogens (primary N) is 1. The monoisotopic (exact) mass is 308 g/mol. The van der Waals surface area contributed by atoms with Crippen LogP contribution in [0.2, 0.25) is 0 Å². The molecule has 2 heterocycles. The van der Waals surface area contributed by atoms with Crippen molar-refractivity contribution in [1.82, 2.24) is 9.55 Å². The molecule has 0 unspecified atom stereocenters. The highest BCUT2D eigenvalue weighted by Gasteiger charge is 2.12. The summed E-state index contributed by atoms with van der Waals surface area (Å²) in [5.74, 6) is 0.456. The SMILES string of the molecule is CC(C)Cn1c(N)c(NCCc2ccsc2)c(=O)[nH]c1=O. The Morgan fingerprint density at radius 2 is 2.19 bits per heavy atom. The first-order valence-electron chi connectivity index (χ1n) is 6.86. The first kappa shape index (κ1) is 15.4. The van der Waals surface area contributed by atoms with Crippen LogP contribution in [0.25, 0.3) is 0 Å². The first-order chi connectivity index (χ1) is 9.99. The summed E-state index contributed by atoms with van der Waals surface area (Å²) in [4.78, 5) is 26.0. The van der Waals surface area contributed by atoms with Gasteiger partial charge in [-0.2, -0.15) is 11.3 Å². The van der Waals surface area contributed by atoms with Crippen LogP contribution in [0.4, 0.5) is 11.5 Å². The Balaban J connectivity index is 2.18. The summed E-state index contributed by atoms with van der Waals surface area (Å²) in [6, 6.07) is 2.04. The van der Waals surface area contributed by atoms with Crippen LogP contribution in [0.3, 0.4) is 0 Å². The van der Waals surface area contributed by atoms with Gasteiger partial charge in [0.05, 0.1) is 0 Å². The van der Waals surface area contributed by atoms with E-state index in [0.717, 1.165) is 6.42 Å². The van der Waals surface area contributed by atoms with Crippen molar-refractivity contribution >= 4 is 22.8 Å². The smallest absolute Gasteiger partial charge is 0.330 e. The summed E-state index contributed by atoms with van der Waals surface area (Å²) in [6.07, 6.45) is 0.797. The van der Waals surface area contributed by atoms with Gasteiger partial charge in [0.15, 0.2) is 0 Å². The molecule has 0 aliphatic heterocycles. The van der Waals surface area contributed by atoms with Crippen molar-refractivity contribution in [2.45, 2.75) is 26.8 Å². The number of nitrogens with one attached hydrogen (secondary N) is 2. The lowest BCUT2D eigenvalue weighted by Gasteiger charge is -2.15. The summed E-state index contributed by atoms with van der Waals surface area (Å²) in [7, 11) is 0. The lowest BCUT2D eigenvalue weighted by molar-refractivity contribution is 0.508. The van der Waals surface area contributed by atoms with E-state index in [1.165, 1.54) is 10.1 Å². The van der Waals surface area contributed by atoms with Gasteiger partial charge in [-0.1, -0.05) is 13.8 Å². The van der Waals surface area contributed by atoms with E-state index in [0.29, 0.717) is 13.1 Å². The van der Waals surface area contributed by atoms with Crippen molar-refractivity contribution < 1.29 is 0 Å². The van der Waals surface area contributed by atoms with Gasteiger partial charge in [0.25, 0.3) is 5.56 Å². The van der Waals surface area contributed by atoms with Crippen LogP contribution in [-0.4, -0.2) is 16.1 Å². The molecule has 0 aliphatic rings. The van der Waals surface area contributed by atoms with E-state index < -0.39 is 11.2 Å². The van der Waals surface area contributed by atoms with Crippen molar-refractivity contribution in [1.29, 1.82) is 0 Å². The number of nitrogen functional groups attached to an aromatic ring is 1. The Morgan fingerprint density at radius 3 is 2.81 bits per heavy atom. The van der Waals surface area contributed by atoms with Crippen LogP contribution in [0.5, 0.6) is 0 Å². The number of anilines is 2. The second kappa shape index (κ2) is 6.62. The standard InChI is InChI=1S/C14H20N4O2S/c1-9(2)7-18-12(15)11(13(19)17-14(18)20)16-5-3-10-4-6-21-8-10/h4,6,8-9,16H,3,5,7,15H2,1-2H3,(H,17,19,20). The molecule has 2 aromatic rings. The Morgan fingerprint density at radius 1 is 1.43 bits per heavy atom. The quantitative estimate of drug-likeness (QED) is 0.754. The zero-order valence-corrected chi connectivity index (χ0v) is 13.0. The van der Waals surface area contributed by atoms with Gasteiger partial charge in [-0.05, 0) is 34.7 Å². The molecular weight excluding hydrogens is 288 g/mol. The minimum Gasteiger partial charge on any atom is -0.383 e. The minimum absolute atomic E-state index is 0.197. The van der Waals surface area contributed by atoms with E-state index in [9.17, 15) is 9.59 Å². The lowest BCUT2D eigenvalue weighted by Crippen LogP contribution is -2.35. The Bertz CT molecular complexity index is 701. The van der Waals surface area contributed by atoms with E-state index in [-0.39, 0.29) is 17.4 Å². The lowest BCUT2D eigenvalue weighted by atomic mass is 10.2. The molecule has 0 aliphatic carbocycles. The highest BCUT2D eigenvalue weighted by atomic mass is 32.1. The third-order valence-electron chi connectivity index (χ3n) is 3.08. The Hall–Kier alpha value is -2.02. The summed E-state index contributed by atoms with van der Waals surface area (Å²) in [6.45, 7) is 5.03. The predicted molar refractivity (Wildman–Crippen MR) is 87.1 cm³/mol. The number of thiophene rings is 1. The first-order valence-corrected chi connectivity index (χ1v) is 7.81. The fraction of sp³-hybridized carbons (Fsp3) is 0.429. The van der Waals surface area contributed by atoms with Crippen LogP contribution in [0.1, 0.15) is 19.4 Å². The normalized spacial score (nSPS) is 11.0. The number of H-pyrrole nitrogens is 1. The van der Waals surface area contributed by atoms with Crippen molar-refractivity contribution in [2.75, 3.05) is 17.6 Å². The highest BCUT2D eigenvalue weighted by molar-refractivity contribution is 7.07. The van der Waals surface area contributed by atoms with Gasteiger partial charge >= 0.3 is 5.69 Å².